The average molecular weight is 420 g/mol. The minimum Gasteiger partial charge on any atom is -0.371 e. The van der Waals surface area contributed by atoms with Crippen LogP contribution in [-0.2, 0) is 6.54 Å². The zero-order valence-corrected chi connectivity index (χ0v) is 19.7. The Morgan fingerprint density at radius 1 is 1.13 bits per heavy atom. The Labute approximate surface area is 188 Å². The molecule has 1 atom stereocenters. The Kier molecular flexibility index (Phi) is 8.92. The monoisotopic (exact) mass is 419 g/mol. The van der Waals surface area contributed by atoms with Gasteiger partial charge in [-0.15, -0.1) is 0 Å². The summed E-state index contributed by atoms with van der Waals surface area (Å²) in [7, 11) is 0. The van der Waals surface area contributed by atoms with E-state index in [1.807, 2.05) is 57.2 Å². The maximum absolute atomic E-state index is 12.7. The predicted octanol–water partition coefficient (Wildman–Crippen LogP) is 6.18. The molecule has 2 aromatic carbocycles. The fraction of sp³-hybridized carbons (Fsp3) is 0.370. The second-order valence-corrected chi connectivity index (χ2v) is 7.94. The van der Waals surface area contributed by atoms with E-state index in [9.17, 15) is 4.79 Å². The lowest BCUT2D eigenvalue weighted by Gasteiger charge is -2.21. The van der Waals surface area contributed by atoms with Crippen LogP contribution in [0.3, 0.4) is 0 Å². The van der Waals surface area contributed by atoms with Crippen molar-refractivity contribution in [3.63, 3.8) is 0 Å². The fourth-order valence-electron chi connectivity index (χ4n) is 3.50. The SMILES string of the molecule is C=C(Nc1ccc(C)cc1)[C@H](C)NC(=O)c1ccc(CN2CCCC2=C)c(C)c1.CC. The number of likely N-dealkylation sites (tertiary alicyclic amines) is 1. The van der Waals surface area contributed by atoms with E-state index in [4.69, 9.17) is 0 Å². The molecule has 0 saturated carbocycles. The number of carbonyl (C=O) groups is 1. The molecule has 0 unspecified atom stereocenters. The Bertz CT molecular complexity index is 915. The number of aryl methyl sites for hydroxylation is 2. The summed E-state index contributed by atoms with van der Waals surface area (Å²) in [6.45, 7) is 20.2. The minimum atomic E-state index is -0.197. The van der Waals surface area contributed by atoms with E-state index in [0.29, 0.717) is 5.56 Å². The molecule has 1 aliphatic rings. The molecule has 2 N–H and O–H groups in total. The molecule has 3 rings (SSSR count). The van der Waals surface area contributed by atoms with Gasteiger partial charge in [-0.25, -0.2) is 0 Å². The van der Waals surface area contributed by atoms with Crippen molar-refractivity contribution in [2.45, 2.75) is 60.0 Å². The number of benzene rings is 2. The molecule has 2 aromatic rings. The number of hydrogen-bond donors (Lipinski definition) is 2. The maximum Gasteiger partial charge on any atom is 0.251 e. The van der Waals surface area contributed by atoms with Gasteiger partial charge >= 0.3 is 0 Å². The molecule has 31 heavy (non-hydrogen) atoms. The average Bonchev–Trinajstić information content (AvgIpc) is 3.17. The minimum absolute atomic E-state index is 0.0930. The standard InChI is InChI=1S/C25H31N3O.C2H6/c1-17-8-12-24(13-9-17)26-20(4)21(5)27-25(29)22-10-11-23(18(2)15-22)16-28-14-6-7-19(28)3;1-2/h8-13,15,21,26H,3-4,6-7,14,16H2,1-2,5H3,(H,27,29);1-2H3/t21-;/m0./s1. The molecule has 0 aromatic heterocycles. The molecular formula is C27H37N3O. The number of hydrogen-bond acceptors (Lipinski definition) is 3. The summed E-state index contributed by atoms with van der Waals surface area (Å²) in [5.41, 5.74) is 7.16. The van der Waals surface area contributed by atoms with Gasteiger partial charge in [0.25, 0.3) is 5.91 Å². The van der Waals surface area contributed by atoms with Crippen LogP contribution in [0.1, 0.15) is 60.7 Å². The molecule has 4 nitrogen and oxygen atoms in total. The first-order valence-electron chi connectivity index (χ1n) is 11.2. The third-order valence-electron chi connectivity index (χ3n) is 5.53. The molecule has 1 saturated heterocycles. The molecule has 0 spiro atoms. The lowest BCUT2D eigenvalue weighted by molar-refractivity contribution is 0.0945. The zero-order chi connectivity index (χ0) is 23.0. The van der Waals surface area contributed by atoms with E-state index in [0.717, 1.165) is 36.5 Å². The van der Waals surface area contributed by atoms with E-state index in [2.05, 4.69) is 48.6 Å². The number of allylic oxidation sites excluding steroid dienone is 1. The number of anilines is 1. The first-order chi connectivity index (χ1) is 14.8. The van der Waals surface area contributed by atoms with Crippen molar-refractivity contribution in [3.8, 4) is 0 Å². The quantitative estimate of drug-likeness (QED) is 0.563. The number of rotatable bonds is 7. The van der Waals surface area contributed by atoms with E-state index in [-0.39, 0.29) is 11.9 Å². The highest BCUT2D eigenvalue weighted by Crippen LogP contribution is 2.23. The van der Waals surface area contributed by atoms with Gasteiger partial charge in [0.15, 0.2) is 0 Å². The van der Waals surface area contributed by atoms with E-state index >= 15 is 0 Å². The lowest BCUT2D eigenvalue weighted by atomic mass is 10.0. The van der Waals surface area contributed by atoms with E-state index in [1.54, 1.807) is 0 Å². The van der Waals surface area contributed by atoms with Crippen molar-refractivity contribution >= 4 is 11.6 Å². The van der Waals surface area contributed by atoms with E-state index < -0.39 is 0 Å². The second kappa shape index (κ2) is 11.4. The topological polar surface area (TPSA) is 44.4 Å². The van der Waals surface area contributed by atoms with Crippen molar-refractivity contribution in [2.75, 3.05) is 11.9 Å². The van der Waals surface area contributed by atoms with Gasteiger partial charge in [-0.1, -0.05) is 50.8 Å². The smallest absolute Gasteiger partial charge is 0.251 e. The number of carbonyl (C=O) groups excluding carboxylic acids is 1. The Morgan fingerprint density at radius 2 is 1.81 bits per heavy atom. The number of nitrogens with zero attached hydrogens (tertiary/aromatic N) is 1. The van der Waals surface area contributed by atoms with Crippen LogP contribution < -0.4 is 10.6 Å². The van der Waals surface area contributed by atoms with Crippen LogP contribution in [0.4, 0.5) is 5.69 Å². The molecule has 0 bridgehead atoms. The van der Waals surface area contributed by atoms with E-state index in [1.165, 1.54) is 23.2 Å². The Morgan fingerprint density at radius 3 is 2.39 bits per heavy atom. The molecule has 1 aliphatic heterocycles. The maximum atomic E-state index is 12.7. The highest BCUT2D eigenvalue weighted by Gasteiger charge is 2.17. The van der Waals surface area contributed by atoms with Crippen LogP contribution in [0.25, 0.3) is 0 Å². The molecule has 1 heterocycles. The third-order valence-corrected chi connectivity index (χ3v) is 5.53. The summed E-state index contributed by atoms with van der Waals surface area (Å²) < 4.78 is 0. The van der Waals surface area contributed by atoms with Crippen molar-refractivity contribution in [3.05, 3.63) is 89.3 Å². The first-order valence-corrected chi connectivity index (χ1v) is 11.2. The summed E-state index contributed by atoms with van der Waals surface area (Å²) in [5.74, 6) is -0.0930. The summed E-state index contributed by atoms with van der Waals surface area (Å²) in [6, 6.07) is 13.8. The summed E-state index contributed by atoms with van der Waals surface area (Å²) >= 11 is 0. The molecule has 0 radical (unpaired) electrons. The van der Waals surface area contributed by atoms with Crippen LogP contribution in [0.2, 0.25) is 0 Å². The predicted molar refractivity (Wildman–Crippen MR) is 132 cm³/mol. The van der Waals surface area contributed by atoms with Gasteiger partial charge < -0.3 is 15.5 Å². The summed E-state index contributed by atoms with van der Waals surface area (Å²) in [4.78, 5) is 15.0. The van der Waals surface area contributed by atoms with Crippen LogP contribution >= 0.6 is 0 Å². The van der Waals surface area contributed by atoms with Crippen LogP contribution in [0, 0.1) is 13.8 Å². The second-order valence-electron chi connectivity index (χ2n) is 7.94. The van der Waals surface area contributed by atoms with Gasteiger partial charge in [0, 0.05) is 35.7 Å². The van der Waals surface area contributed by atoms with Crippen LogP contribution in [0.5, 0.6) is 0 Å². The van der Waals surface area contributed by atoms with Crippen molar-refractivity contribution in [1.29, 1.82) is 0 Å². The first kappa shape index (κ1) is 24.3. The number of amides is 1. The van der Waals surface area contributed by atoms with Crippen molar-refractivity contribution < 1.29 is 4.79 Å². The third kappa shape index (κ3) is 6.74. The largest absolute Gasteiger partial charge is 0.371 e. The van der Waals surface area contributed by atoms with Crippen molar-refractivity contribution in [2.24, 2.45) is 0 Å². The van der Waals surface area contributed by atoms with Crippen molar-refractivity contribution in [1.82, 2.24) is 10.2 Å². The Hall–Kier alpha value is -3.01. The molecule has 1 amide bonds. The number of nitrogens with one attached hydrogen (secondary N) is 2. The molecule has 4 heteroatoms. The highest BCUT2D eigenvalue weighted by atomic mass is 16.1. The van der Waals surface area contributed by atoms with Gasteiger partial charge in [-0.2, -0.15) is 0 Å². The van der Waals surface area contributed by atoms with Gasteiger partial charge in [0.2, 0.25) is 0 Å². The van der Waals surface area contributed by atoms with Gasteiger partial charge in [0.05, 0.1) is 6.04 Å². The normalized spacial score (nSPS) is 13.8. The Balaban J connectivity index is 0.00000166. The molecule has 1 fully saturated rings. The zero-order valence-electron chi connectivity index (χ0n) is 19.7. The van der Waals surface area contributed by atoms with Crippen LogP contribution in [-0.4, -0.2) is 23.4 Å². The molecule has 166 valence electrons. The highest BCUT2D eigenvalue weighted by molar-refractivity contribution is 5.94. The van der Waals surface area contributed by atoms with Crippen LogP contribution in [0.15, 0.2) is 67.0 Å². The van der Waals surface area contributed by atoms with Gasteiger partial charge in [0.1, 0.15) is 0 Å². The summed E-state index contributed by atoms with van der Waals surface area (Å²) in [6.07, 6.45) is 2.26. The fourth-order valence-corrected chi connectivity index (χ4v) is 3.50. The summed E-state index contributed by atoms with van der Waals surface area (Å²) in [5, 5.41) is 6.30. The molecule has 0 aliphatic carbocycles. The lowest BCUT2D eigenvalue weighted by Crippen LogP contribution is -2.35. The molecular weight excluding hydrogens is 382 g/mol. The van der Waals surface area contributed by atoms with Gasteiger partial charge in [-0.3, -0.25) is 4.79 Å². The van der Waals surface area contributed by atoms with Gasteiger partial charge in [-0.05, 0) is 69.0 Å².